The minimum Gasteiger partial charge on any atom is -0.497 e. The highest BCUT2D eigenvalue weighted by atomic mass is 32.1. The number of aromatic nitrogens is 1. The maximum absolute atomic E-state index is 13.0. The molecule has 1 fully saturated rings. The van der Waals surface area contributed by atoms with Crippen LogP contribution in [0.25, 0.3) is 11.3 Å². The Morgan fingerprint density at radius 3 is 2.86 bits per heavy atom. The number of hydrogen-bond acceptors (Lipinski definition) is 5. The van der Waals surface area contributed by atoms with Gasteiger partial charge in [-0.3, -0.25) is 4.79 Å². The molecule has 0 bridgehead atoms. The van der Waals surface area contributed by atoms with Crippen LogP contribution in [0.1, 0.15) is 42.3 Å². The van der Waals surface area contributed by atoms with Gasteiger partial charge in [0.2, 0.25) is 5.91 Å². The summed E-state index contributed by atoms with van der Waals surface area (Å²) in [4.78, 5) is 16.1. The predicted octanol–water partition coefficient (Wildman–Crippen LogP) is 5.10. The average Bonchev–Trinajstić information content (AvgIpc) is 3.35. The number of amides is 1. The van der Waals surface area contributed by atoms with E-state index in [4.69, 9.17) is 9.26 Å². The molecule has 1 aromatic carbocycles. The van der Waals surface area contributed by atoms with Crippen molar-refractivity contribution in [2.75, 3.05) is 13.7 Å². The van der Waals surface area contributed by atoms with E-state index in [-0.39, 0.29) is 11.9 Å². The molecule has 0 aliphatic carbocycles. The van der Waals surface area contributed by atoms with Gasteiger partial charge in [0.15, 0.2) is 5.76 Å². The van der Waals surface area contributed by atoms with Crippen molar-refractivity contribution in [3.63, 3.8) is 0 Å². The zero-order valence-electron chi connectivity index (χ0n) is 16.0. The Kier molecular flexibility index (Phi) is 5.76. The van der Waals surface area contributed by atoms with Crippen LogP contribution in [0.4, 0.5) is 0 Å². The topological polar surface area (TPSA) is 55.6 Å². The second-order valence-corrected chi connectivity index (χ2v) is 8.09. The third kappa shape index (κ3) is 4.12. The molecule has 5 nitrogen and oxygen atoms in total. The van der Waals surface area contributed by atoms with Crippen molar-refractivity contribution in [3.05, 3.63) is 58.4 Å². The number of methoxy groups -OCH3 is 1. The molecule has 1 aliphatic heterocycles. The van der Waals surface area contributed by atoms with E-state index in [1.54, 1.807) is 18.4 Å². The van der Waals surface area contributed by atoms with Gasteiger partial charge in [-0.1, -0.05) is 24.1 Å². The number of nitrogens with zero attached hydrogens (tertiary/aromatic N) is 2. The van der Waals surface area contributed by atoms with E-state index in [1.807, 2.05) is 52.7 Å². The van der Waals surface area contributed by atoms with Crippen LogP contribution in [-0.4, -0.2) is 29.6 Å². The number of hydrogen-bond donors (Lipinski definition) is 0. The Morgan fingerprint density at radius 1 is 1.25 bits per heavy atom. The Hall–Kier alpha value is -2.60. The molecule has 1 saturated heterocycles. The lowest BCUT2D eigenvalue weighted by atomic mass is 10.0. The van der Waals surface area contributed by atoms with Crippen molar-refractivity contribution < 1.29 is 14.1 Å². The molecule has 2 aromatic heterocycles. The first-order valence-electron chi connectivity index (χ1n) is 9.67. The van der Waals surface area contributed by atoms with Gasteiger partial charge in [0.1, 0.15) is 11.4 Å². The lowest BCUT2D eigenvalue weighted by Crippen LogP contribution is -2.35. The molecule has 6 heteroatoms. The second kappa shape index (κ2) is 8.61. The fourth-order valence-corrected chi connectivity index (χ4v) is 4.41. The fourth-order valence-electron chi connectivity index (χ4n) is 3.72. The second-order valence-electron chi connectivity index (χ2n) is 7.05. The predicted molar refractivity (Wildman–Crippen MR) is 109 cm³/mol. The summed E-state index contributed by atoms with van der Waals surface area (Å²) in [6.07, 6.45) is 4.65. The van der Waals surface area contributed by atoms with Gasteiger partial charge >= 0.3 is 0 Å². The highest BCUT2D eigenvalue weighted by Crippen LogP contribution is 2.33. The summed E-state index contributed by atoms with van der Waals surface area (Å²) in [5.41, 5.74) is 1.79. The third-order valence-corrected chi connectivity index (χ3v) is 6.10. The van der Waals surface area contributed by atoms with E-state index in [2.05, 4.69) is 5.16 Å². The number of ether oxygens (including phenoxy) is 1. The van der Waals surface area contributed by atoms with E-state index in [0.29, 0.717) is 12.2 Å². The van der Waals surface area contributed by atoms with E-state index in [0.717, 1.165) is 54.1 Å². The average molecular weight is 397 g/mol. The molecule has 0 N–H and O–H groups in total. The summed E-state index contributed by atoms with van der Waals surface area (Å²) in [5.74, 6) is 1.69. The molecule has 3 aromatic rings. The Balaban J connectivity index is 1.56. The van der Waals surface area contributed by atoms with Crippen molar-refractivity contribution >= 4 is 17.2 Å². The number of rotatable bonds is 5. The Bertz CT molecular complexity index is 902. The van der Waals surface area contributed by atoms with Crippen molar-refractivity contribution in [1.29, 1.82) is 0 Å². The van der Waals surface area contributed by atoms with Crippen LogP contribution in [0, 0.1) is 0 Å². The Morgan fingerprint density at radius 2 is 2.11 bits per heavy atom. The molecule has 0 radical (unpaired) electrons. The summed E-state index contributed by atoms with van der Waals surface area (Å²) in [6, 6.07) is 13.7. The van der Waals surface area contributed by atoms with Crippen molar-refractivity contribution in [3.8, 4) is 17.1 Å². The normalized spacial score (nSPS) is 17.3. The van der Waals surface area contributed by atoms with Crippen LogP contribution < -0.4 is 4.74 Å². The van der Waals surface area contributed by atoms with Gasteiger partial charge in [-0.05, 0) is 48.6 Å². The maximum atomic E-state index is 13.0. The van der Waals surface area contributed by atoms with Crippen LogP contribution >= 0.6 is 11.3 Å². The molecule has 1 aliphatic rings. The quantitative estimate of drug-likeness (QED) is 0.602. The number of carbonyl (C=O) groups excluding carboxylic acids is 1. The van der Waals surface area contributed by atoms with Crippen molar-refractivity contribution in [1.82, 2.24) is 10.1 Å². The first-order valence-corrected chi connectivity index (χ1v) is 10.6. The molecule has 0 spiro atoms. The summed E-state index contributed by atoms with van der Waals surface area (Å²) in [5, 5.41) is 6.35. The highest BCUT2D eigenvalue weighted by molar-refractivity contribution is 7.10. The zero-order chi connectivity index (χ0) is 19.3. The van der Waals surface area contributed by atoms with E-state index in [1.165, 1.54) is 0 Å². The maximum Gasteiger partial charge on any atom is 0.228 e. The molecule has 1 atom stereocenters. The summed E-state index contributed by atoms with van der Waals surface area (Å²) >= 11 is 1.63. The SMILES string of the molecule is COc1ccc(-c2cc(C3CCCCCN3C(=O)Cc3cccs3)no2)cc1. The van der Waals surface area contributed by atoms with Crippen LogP contribution in [0.2, 0.25) is 0 Å². The van der Waals surface area contributed by atoms with E-state index < -0.39 is 0 Å². The number of carbonyl (C=O) groups is 1. The standard InChI is InChI=1S/C22H24N2O3S/c1-26-17-10-8-16(9-11-17)21-15-19(23-27-21)20-7-3-2-4-12-24(20)22(25)14-18-6-5-13-28-18/h5-6,8-11,13,15,20H,2-4,7,12,14H2,1H3. The first-order chi connectivity index (χ1) is 13.7. The minimum absolute atomic E-state index is 0.0225. The molecule has 28 heavy (non-hydrogen) atoms. The fraction of sp³-hybridized carbons (Fsp3) is 0.364. The van der Waals surface area contributed by atoms with Gasteiger partial charge in [-0.25, -0.2) is 0 Å². The van der Waals surface area contributed by atoms with Crippen molar-refractivity contribution in [2.24, 2.45) is 0 Å². The molecule has 4 rings (SSSR count). The van der Waals surface area contributed by atoms with Gasteiger partial charge in [0.05, 0.1) is 19.6 Å². The lowest BCUT2D eigenvalue weighted by Gasteiger charge is -2.28. The smallest absolute Gasteiger partial charge is 0.228 e. The zero-order valence-corrected chi connectivity index (χ0v) is 16.8. The van der Waals surface area contributed by atoms with Gasteiger partial charge in [0.25, 0.3) is 0 Å². The number of likely N-dealkylation sites (tertiary alicyclic amines) is 1. The van der Waals surface area contributed by atoms with E-state index in [9.17, 15) is 4.79 Å². The number of thiophene rings is 1. The molecule has 146 valence electrons. The summed E-state index contributed by atoms with van der Waals surface area (Å²) in [7, 11) is 1.65. The van der Waals surface area contributed by atoms with Gasteiger partial charge in [0, 0.05) is 23.1 Å². The van der Waals surface area contributed by atoms with Crippen LogP contribution in [0.5, 0.6) is 5.75 Å². The van der Waals surface area contributed by atoms with Crippen LogP contribution in [-0.2, 0) is 11.2 Å². The Labute approximate surface area is 168 Å². The minimum atomic E-state index is -0.0225. The highest BCUT2D eigenvalue weighted by Gasteiger charge is 2.29. The molecule has 3 heterocycles. The molecule has 0 saturated carbocycles. The number of benzene rings is 1. The monoisotopic (exact) mass is 396 g/mol. The van der Waals surface area contributed by atoms with Gasteiger partial charge in [-0.2, -0.15) is 0 Å². The van der Waals surface area contributed by atoms with Gasteiger partial charge in [-0.15, -0.1) is 11.3 Å². The largest absolute Gasteiger partial charge is 0.497 e. The molecular weight excluding hydrogens is 372 g/mol. The molecule has 1 unspecified atom stereocenters. The molecular formula is C22H24N2O3S. The molecule has 1 amide bonds. The lowest BCUT2D eigenvalue weighted by molar-refractivity contribution is -0.133. The first kappa shape index (κ1) is 18.7. The van der Waals surface area contributed by atoms with Crippen LogP contribution in [0.3, 0.4) is 0 Å². The van der Waals surface area contributed by atoms with Gasteiger partial charge < -0.3 is 14.2 Å². The van der Waals surface area contributed by atoms with Crippen molar-refractivity contribution in [2.45, 2.75) is 38.1 Å². The summed E-state index contributed by atoms with van der Waals surface area (Å²) in [6.45, 7) is 0.777. The summed E-state index contributed by atoms with van der Waals surface area (Å²) < 4.78 is 10.8. The van der Waals surface area contributed by atoms with E-state index >= 15 is 0 Å². The third-order valence-electron chi connectivity index (χ3n) is 5.22. The van der Waals surface area contributed by atoms with Crippen LogP contribution in [0.15, 0.2) is 52.4 Å².